The van der Waals surface area contributed by atoms with Crippen molar-refractivity contribution in [3.05, 3.63) is 15.0 Å². The Morgan fingerprint density at radius 2 is 2.07 bits per heavy atom. The number of hydrogen-bond donors (Lipinski definition) is 1. The van der Waals surface area contributed by atoms with Crippen molar-refractivity contribution in [2.75, 3.05) is 0 Å². The van der Waals surface area contributed by atoms with Crippen molar-refractivity contribution in [1.82, 2.24) is 4.98 Å². The zero-order valence-corrected chi connectivity index (χ0v) is 9.70. The predicted octanol–water partition coefficient (Wildman–Crippen LogP) is 3.30. The molecule has 2 nitrogen and oxygen atoms in total. The highest BCUT2D eigenvalue weighted by Crippen LogP contribution is 2.37. The number of rotatable bonds is 2. The van der Waals surface area contributed by atoms with Gasteiger partial charge in [0.25, 0.3) is 0 Å². The maximum Gasteiger partial charge on any atom is 0.117 e. The van der Waals surface area contributed by atoms with Gasteiger partial charge in [0.1, 0.15) is 4.34 Å². The van der Waals surface area contributed by atoms with E-state index < -0.39 is 0 Å². The molecule has 0 spiro atoms. The first-order valence-electron chi connectivity index (χ1n) is 5.16. The summed E-state index contributed by atoms with van der Waals surface area (Å²) in [5.74, 6) is 0.645. The molecule has 14 heavy (non-hydrogen) atoms. The highest BCUT2D eigenvalue weighted by molar-refractivity contribution is 7.16. The summed E-state index contributed by atoms with van der Waals surface area (Å²) in [6.07, 6.45) is 6.58. The monoisotopic (exact) mass is 230 g/mol. The molecule has 1 aromatic rings. The lowest BCUT2D eigenvalue weighted by Crippen LogP contribution is -2.05. The standard InChI is InChI=1S/C10H15ClN2S/c11-9-8(6-12)13-10(14-9)7-4-2-1-3-5-7/h7H,1-6,12H2. The second-order valence-corrected chi connectivity index (χ2v) is 5.44. The van der Waals surface area contributed by atoms with E-state index >= 15 is 0 Å². The van der Waals surface area contributed by atoms with Crippen molar-refractivity contribution >= 4 is 22.9 Å². The summed E-state index contributed by atoms with van der Waals surface area (Å²) in [5, 5.41) is 1.20. The van der Waals surface area contributed by atoms with E-state index in [1.54, 1.807) is 11.3 Å². The third kappa shape index (κ3) is 2.10. The molecule has 2 rings (SSSR count). The van der Waals surface area contributed by atoms with Gasteiger partial charge in [-0.05, 0) is 12.8 Å². The number of aromatic nitrogens is 1. The van der Waals surface area contributed by atoms with Crippen molar-refractivity contribution < 1.29 is 0 Å². The minimum absolute atomic E-state index is 0.460. The Morgan fingerprint density at radius 1 is 1.36 bits per heavy atom. The summed E-state index contributed by atoms with van der Waals surface area (Å²) in [6, 6.07) is 0. The number of nitrogens with zero attached hydrogens (tertiary/aromatic N) is 1. The quantitative estimate of drug-likeness (QED) is 0.847. The van der Waals surface area contributed by atoms with E-state index in [0.29, 0.717) is 12.5 Å². The molecule has 1 aliphatic rings. The molecule has 1 aromatic heterocycles. The SMILES string of the molecule is NCc1nc(C2CCCCC2)sc1Cl. The van der Waals surface area contributed by atoms with Gasteiger partial charge in [-0.1, -0.05) is 30.9 Å². The summed E-state index contributed by atoms with van der Waals surface area (Å²) >= 11 is 7.66. The van der Waals surface area contributed by atoms with Gasteiger partial charge in [-0.25, -0.2) is 4.98 Å². The lowest BCUT2D eigenvalue weighted by Gasteiger charge is -2.18. The topological polar surface area (TPSA) is 38.9 Å². The second kappa shape index (κ2) is 4.60. The lowest BCUT2D eigenvalue weighted by molar-refractivity contribution is 0.442. The third-order valence-corrected chi connectivity index (χ3v) is 4.31. The highest BCUT2D eigenvalue weighted by Gasteiger charge is 2.20. The number of hydrogen-bond acceptors (Lipinski definition) is 3. The van der Waals surface area contributed by atoms with Crippen LogP contribution >= 0.6 is 22.9 Å². The predicted molar refractivity (Wildman–Crippen MR) is 60.8 cm³/mol. The van der Waals surface area contributed by atoms with Crippen molar-refractivity contribution in [2.24, 2.45) is 5.73 Å². The molecule has 0 atom stereocenters. The van der Waals surface area contributed by atoms with Crippen LogP contribution in [0.3, 0.4) is 0 Å². The van der Waals surface area contributed by atoms with Gasteiger partial charge in [0.05, 0.1) is 10.7 Å². The number of nitrogens with two attached hydrogens (primary N) is 1. The molecule has 0 saturated heterocycles. The Hall–Kier alpha value is -0.120. The van der Waals surface area contributed by atoms with Crippen molar-refractivity contribution in [3.8, 4) is 0 Å². The molecular formula is C10H15ClN2S. The summed E-state index contributed by atoms with van der Waals surface area (Å²) in [4.78, 5) is 4.51. The van der Waals surface area contributed by atoms with E-state index in [1.807, 2.05) is 0 Å². The summed E-state index contributed by atoms with van der Waals surface area (Å²) in [5.41, 5.74) is 6.43. The Bertz CT molecular complexity index is 305. The Morgan fingerprint density at radius 3 is 2.64 bits per heavy atom. The van der Waals surface area contributed by atoms with Gasteiger partial charge in [-0.15, -0.1) is 11.3 Å². The molecule has 0 aromatic carbocycles. The van der Waals surface area contributed by atoms with Crippen LogP contribution in [0.1, 0.15) is 48.7 Å². The van der Waals surface area contributed by atoms with E-state index in [-0.39, 0.29) is 0 Å². The molecule has 2 N–H and O–H groups in total. The van der Waals surface area contributed by atoms with Gasteiger partial charge >= 0.3 is 0 Å². The molecule has 0 radical (unpaired) electrons. The molecule has 4 heteroatoms. The van der Waals surface area contributed by atoms with E-state index in [2.05, 4.69) is 4.98 Å². The Labute approximate surface area is 93.5 Å². The molecule has 0 aliphatic heterocycles. The fourth-order valence-corrected chi connectivity index (χ4v) is 3.35. The number of thiazole rings is 1. The largest absolute Gasteiger partial charge is 0.325 e. The van der Waals surface area contributed by atoms with Crippen molar-refractivity contribution in [2.45, 2.75) is 44.6 Å². The van der Waals surface area contributed by atoms with Crippen molar-refractivity contribution in [1.29, 1.82) is 0 Å². The normalized spacial score (nSPS) is 18.7. The van der Waals surface area contributed by atoms with E-state index in [9.17, 15) is 0 Å². The minimum atomic E-state index is 0.460. The van der Waals surface area contributed by atoms with E-state index in [0.717, 1.165) is 10.0 Å². The molecule has 0 amide bonds. The van der Waals surface area contributed by atoms with Crippen LogP contribution in [-0.2, 0) is 6.54 Å². The zero-order valence-electron chi connectivity index (χ0n) is 8.13. The molecule has 0 unspecified atom stereocenters. The molecule has 1 heterocycles. The molecule has 1 saturated carbocycles. The first-order chi connectivity index (χ1) is 6.81. The summed E-state index contributed by atoms with van der Waals surface area (Å²) < 4.78 is 0.785. The molecule has 78 valence electrons. The van der Waals surface area contributed by atoms with Crippen LogP contribution in [0.2, 0.25) is 4.34 Å². The third-order valence-electron chi connectivity index (χ3n) is 2.81. The van der Waals surface area contributed by atoms with Gasteiger partial charge in [0.15, 0.2) is 0 Å². The lowest BCUT2D eigenvalue weighted by atomic mass is 9.90. The van der Waals surface area contributed by atoms with E-state index in [4.69, 9.17) is 17.3 Å². The minimum Gasteiger partial charge on any atom is -0.325 e. The summed E-state index contributed by atoms with van der Waals surface area (Å²) in [6.45, 7) is 0.460. The van der Waals surface area contributed by atoms with E-state index in [1.165, 1.54) is 37.1 Å². The van der Waals surface area contributed by atoms with Gasteiger partial charge in [-0.3, -0.25) is 0 Å². The van der Waals surface area contributed by atoms with Crippen molar-refractivity contribution in [3.63, 3.8) is 0 Å². The Kier molecular flexibility index (Phi) is 3.42. The average molecular weight is 231 g/mol. The average Bonchev–Trinajstić information content (AvgIpc) is 2.61. The van der Waals surface area contributed by atoms with Crippen LogP contribution in [0.25, 0.3) is 0 Å². The van der Waals surface area contributed by atoms with Crippen LogP contribution in [0.5, 0.6) is 0 Å². The zero-order chi connectivity index (χ0) is 9.97. The molecule has 1 fully saturated rings. The maximum absolute atomic E-state index is 6.04. The van der Waals surface area contributed by atoms with Gasteiger partial charge in [-0.2, -0.15) is 0 Å². The van der Waals surface area contributed by atoms with Crippen LogP contribution in [-0.4, -0.2) is 4.98 Å². The number of halogens is 1. The van der Waals surface area contributed by atoms with Crippen LogP contribution < -0.4 is 5.73 Å². The van der Waals surface area contributed by atoms with Crippen LogP contribution in [0, 0.1) is 0 Å². The van der Waals surface area contributed by atoms with Gasteiger partial charge in [0.2, 0.25) is 0 Å². The first kappa shape index (κ1) is 10.4. The van der Waals surface area contributed by atoms with Crippen LogP contribution in [0.15, 0.2) is 0 Å². The molecule has 0 bridgehead atoms. The summed E-state index contributed by atoms with van der Waals surface area (Å²) in [7, 11) is 0. The Balaban J connectivity index is 2.14. The molecule has 1 aliphatic carbocycles. The fraction of sp³-hybridized carbons (Fsp3) is 0.700. The maximum atomic E-state index is 6.04. The first-order valence-corrected chi connectivity index (χ1v) is 6.36. The van der Waals surface area contributed by atoms with Crippen LogP contribution in [0.4, 0.5) is 0 Å². The smallest absolute Gasteiger partial charge is 0.117 e. The van der Waals surface area contributed by atoms with Gasteiger partial charge < -0.3 is 5.73 Å². The fourth-order valence-electron chi connectivity index (χ4n) is 2.00. The second-order valence-electron chi connectivity index (χ2n) is 3.81. The highest BCUT2D eigenvalue weighted by atomic mass is 35.5. The van der Waals surface area contributed by atoms with Gasteiger partial charge in [0, 0.05) is 12.5 Å². The molecular weight excluding hydrogens is 216 g/mol.